The Morgan fingerprint density at radius 2 is 2.09 bits per heavy atom. The normalized spacial score (nSPS) is 12.5. The molecule has 0 aromatic carbocycles. The fraction of sp³-hybridized carbons (Fsp3) is 0.538. The van der Waals surface area contributed by atoms with E-state index in [2.05, 4.69) is 15.3 Å². The summed E-state index contributed by atoms with van der Waals surface area (Å²) in [6, 6.07) is -0.135. The van der Waals surface area contributed by atoms with Crippen LogP contribution in [0.3, 0.4) is 0 Å². The Morgan fingerprint density at radius 3 is 2.64 bits per heavy atom. The molecule has 2 rings (SSSR count). The molecule has 2 aromatic rings. The van der Waals surface area contributed by atoms with Crippen LogP contribution in [0.5, 0.6) is 0 Å². The SMILES string of the molecule is CCC(C)n1c(=O)n(CC)c(=O)c2[nH]c(NCC(=O)O)nc21. The summed E-state index contributed by atoms with van der Waals surface area (Å²) >= 11 is 0. The summed E-state index contributed by atoms with van der Waals surface area (Å²) in [6.45, 7) is 5.43. The lowest BCUT2D eigenvalue weighted by Gasteiger charge is -2.15. The van der Waals surface area contributed by atoms with Crippen molar-refractivity contribution in [3.05, 3.63) is 20.8 Å². The van der Waals surface area contributed by atoms with E-state index >= 15 is 0 Å². The Labute approximate surface area is 125 Å². The van der Waals surface area contributed by atoms with E-state index < -0.39 is 17.2 Å². The number of H-pyrrole nitrogens is 1. The molecule has 0 aliphatic carbocycles. The molecule has 9 nitrogen and oxygen atoms in total. The Bertz CT molecular complexity index is 816. The Morgan fingerprint density at radius 1 is 1.41 bits per heavy atom. The van der Waals surface area contributed by atoms with E-state index in [4.69, 9.17) is 5.11 Å². The molecular weight excluding hydrogens is 290 g/mol. The van der Waals surface area contributed by atoms with Gasteiger partial charge >= 0.3 is 11.7 Å². The van der Waals surface area contributed by atoms with E-state index in [1.54, 1.807) is 6.92 Å². The summed E-state index contributed by atoms with van der Waals surface area (Å²) in [5.41, 5.74) is -0.444. The number of carboxylic acids is 1. The third-order valence-corrected chi connectivity index (χ3v) is 3.56. The van der Waals surface area contributed by atoms with Crippen LogP contribution < -0.4 is 16.6 Å². The van der Waals surface area contributed by atoms with Crippen molar-refractivity contribution in [1.82, 2.24) is 19.1 Å². The van der Waals surface area contributed by atoms with E-state index in [0.29, 0.717) is 6.42 Å². The van der Waals surface area contributed by atoms with Gasteiger partial charge in [0.2, 0.25) is 5.95 Å². The van der Waals surface area contributed by atoms with Gasteiger partial charge in [-0.2, -0.15) is 4.98 Å². The first-order valence-corrected chi connectivity index (χ1v) is 7.11. The molecule has 22 heavy (non-hydrogen) atoms. The number of rotatable bonds is 6. The van der Waals surface area contributed by atoms with Gasteiger partial charge < -0.3 is 15.4 Å². The summed E-state index contributed by atoms with van der Waals surface area (Å²) in [5.74, 6) is -0.898. The molecule has 0 fully saturated rings. The zero-order valence-corrected chi connectivity index (χ0v) is 12.7. The van der Waals surface area contributed by atoms with E-state index in [1.807, 2.05) is 13.8 Å². The van der Waals surface area contributed by atoms with Gasteiger partial charge in [0.25, 0.3) is 5.56 Å². The van der Waals surface area contributed by atoms with Crippen molar-refractivity contribution >= 4 is 23.1 Å². The summed E-state index contributed by atoms with van der Waals surface area (Å²) in [4.78, 5) is 42.3. The van der Waals surface area contributed by atoms with Gasteiger partial charge in [0, 0.05) is 12.6 Å². The van der Waals surface area contributed by atoms with E-state index in [1.165, 1.54) is 4.57 Å². The number of aliphatic carboxylic acids is 1. The number of carbonyl (C=O) groups is 1. The number of nitrogens with zero attached hydrogens (tertiary/aromatic N) is 3. The number of carboxylic acid groups (broad SMARTS) is 1. The van der Waals surface area contributed by atoms with Crippen LogP contribution >= 0.6 is 0 Å². The number of hydrogen-bond donors (Lipinski definition) is 3. The molecule has 2 heterocycles. The summed E-state index contributed by atoms with van der Waals surface area (Å²) in [7, 11) is 0. The lowest BCUT2D eigenvalue weighted by molar-refractivity contribution is -0.134. The number of hydrogen-bond acceptors (Lipinski definition) is 5. The minimum atomic E-state index is -1.05. The second-order valence-electron chi connectivity index (χ2n) is 4.99. The van der Waals surface area contributed by atoms with Gasteiger partial charge in [-0.25, -0.2) is 4.79 Å². The predicted octanol–water partition coefficient (Wildman–Crippen LogP) is 0.374. The van der Waals surface area contributed by atoms with Crippen molar-refractivity contribution in [2.75, 3.05) is 11.9 Å². The zero-order valence-electron chi connectivity index (χ0n) is 12.7. The van der Waals surface area contributed by atoms with Crippen molar-refractivity contribution in [3.8, 4) is 0 Å². The summed E-state index contributed by atoms with van der Waals surface area (Å²) < 4.78 is 2.59. The molecule has 1 unspecified atom stereocenters. The summed E-state index contributed by atoms with van der Waals surface area (Å²) in [6.07, 6.45) is 0.696. The molecule has 3 N–H and O–H groups in total. The number of aromatic nitrogens is 4. The van der Waals surface area contributed by atoms with Crippen LogP contribution in [-0.2, 0) is 11.3 Å². The van der Waals surface area contributed by atoms with Crippen molar-refractivity contribution in [1.29, 1.82) is 0 Å². The van der Waals surface area contributed by atoms with Gasteiger partial charge in [0.1, 0.15) is 6.54 Å². The maximum atomic E-state index is 12.5. The molecule has 0 saturated carbocycles. The van der Waals surface area contributed by atoms with Gasteiger partial charge in [0.05, 0.1) is 0 Å². The highest BCUT2D eigenvalue weighted by Gasteiger charge is 2.19. The first-order chi connectivity index (χ1) is 10.4. The fourth-order valence-electron chi connectivity index (χ4n) is 2.23. The Hall–Kier alpha value is -2.58. The van der Waals surface area contributed by atoms with Gasteiger partial charge in [-0.15, -0.1) is 0 Å². The summed E-state index contributed by atoms with van der Waals surface area (Å²) in [5, 5.41) is 11.3. The molecule has 0 amide bonds. The van der Waals surface area contributed by atoms with Crippen LogP contribution in [-0.4, -0.2) is 36.7 Å². The Kier molecular flexibility index (Phi) is 4.34. The monoisotopic (exact) mass is 309 g/mol. The highest BCUT2D eigenvalue weighted by atomic mass is 16.4. The van der Waals surface area contributed by atoms with Crippen LogP contribution in [0.25, 0.3) is 11.2 Å². The fourth-order valence-corrected chi connectivity index (χ4v) is 2.23. The largest absolute Gasteiger partial charge is 0.480 e. The minimum Gasteiger partial charge on any atom is -0.480 e. The van der Waals surface area contributed by atoms with Crippen molar-refractivity contribution < 1.29 is 9.90 Å². The van der Waals surface area contributed by atoms with E-state index in [-0.39, 0.29) is 36.2 Å². The van der Waals surface area contributed by atoms with Crippen LogP contribution in [0.2, 0.25) is 0 Å². The molecule has 1 atom stereocenters. The third-order valence-electron chi connectivity index (χ3n) is 3.56. The molecule has 0 radical (unpaired) electrons. The molecule has 0 spiro atoms. The second kappa shape index (κ2) is 6.04. The van der Waals surface area contributed by atoms with E-state index in [0.717, 1.165) is 4.57 Å². The first-order valence-electron chi connectivity index (χ1n) is 7.11. The molecule has 0 bridgehead atoms. The van der Waals surface area contributed by atoms with Gasteiger partial charge in [-0.3, -0.25) is 18.7 Å². The van der Waals surface area contributed by atoms with Crippen molar-refractivity contribution in [3.63, 3.8) is 0 Å². The van der Waals surface area contributed by atoms with E-state index in [9.17, 15) is 14.4 Å². The topological polar surface area (TPSA) is 122 Å². The second-order valence-corrected chi connectivity index (χ2v) is 4.99. The standard InChI is InChI=1S/C13H19N5O4/c1-4-7(3)18-10-9(11(21)17(5-2)13(18)22)15-12(16-10)14-6-8(19)20/h7H,4-6H2,1-3H3,(H,19,20)(H2,14,15,16). The predicted molar refractivity (Wildman–Crippen MR) is 81.4 cm³/mol. The molecule has 2 aromatic heterocycles. The molecule has 0 aliphatic rings. The molecule has 9 heteroatoms. The minimum absolute atomic E-state index is 0.135. The smallest absolute Gasteiger partial charge is 0.332 e. The molecule has 0 aliphatic heterocycles. The average Bonchev–Trinajstić information content (AvgIpc) is 2.89. The van der Waals surface area contributed by atoms with Crippen LogP contribution in [0.4, 0.5) is 5.95 Å². The lowest BCUT2D eigenvalue weighted by atomic mass is 10.2. The number of nitrogens with one attached hydrogen (secondary N) is 2. The lowest BCUT2D eigenvalue weighted by Crippen LogP contribution is -2.40. The van der Waals surface area contributed by atoms with Crippen LogP contribution in [0.15, 0.2) is 9.59 Å². The van der Waals surface area contributed by atoms with Gasteiger partial charge in [-0.05, 0) is 20.3 Å². The first kappa shape index (κ1) is 15.8. The number of aromatic amines is 1. The highest BCUT2D eigenvalue weighted by molar-refractivity contribution is 5.75. The Balaban J connectivity index is 2.72. The third kappa shape index (κ3) is 2.61. The van der Waals surface area contributed by atoms with Crippen LogP contribution in [0, 0.1) is 0 Å². The van der Waals surface area contributed by atoms with Crippen molar-refractivity contribution in [2.45, 2.75) is 39.8 Å². The van der Waals surface area contributed by atoms with Crippen LogP contribution in [0.1, 0.15) is 33.2 Å². The zero-order chi connectivity index (χ0) is 16.4. The quantitative estimate of drug-likeness (QED) is 0.709. The maximum absolute atomic E-state index is 12.5. The molecular formula is C13H19N5O4. The van der Waals surface area contributed by atoms with Gasteiger partial charge in [0.15, 0.2) is 11.2 Å². The van der Waals surface area contributed by atoms with Gasteiger partial charge in [-0.1, -0.05) is 6.92 Å². The number of anilines is 1. The molecule has 0 saturated heterocycles. The number of fused-ring (bicyclic) bond motifs is 1. The number of imidazole rings is 1. The average molecular weight is 309 g/mol. The van der Waals surface area contributed by atoms with Crippen molar-refractivity contribution in [2.24, 2.45) is 0 Å². The molecule has 120 valence electrons. The highest BCUT2D eigenvalue weighted by Crippen LogP contribution is 2.15. The maximum Gasteiger partial charge on any atom is 0.332 e.